The smallest absolute Gasteiger partial charge is 0.273 e. The molecule has 3 aromatic rings. The number of methoxy groups -OCH3 is 1. The molecule has 0 radical (unpaired) electrons. The summed E-state index contributed by atoms with van der Waals surface area (Å²) in [5.74, 6) is 1.02. The molecular formula is C24H28N4O5S. The maximum atomic E-state index is 13.2. The van der Waals surface area contributed by atoms with Crippen LogP contribution in [0.1, 0.15) is 35.5 Å². The van der Waals surface area contributed by atoms with Gasteiger partial charge < -0.3 is 29.4 Å². The van der Waals surface area contributed by atoms with E-state index in [1.54, 1.807) is 35.8 Å². The third kappa shape index (κ3) is 6.58. The normalized spacial score (nSPS) is 15.1. The fourth-order valence-electron chi connectivity index (χ4n) is 3.59. The van der Waals surface area contributed by atoms with Crippen LogP contribution in [0.2, 0.25) is 0 Å². The van der Waals surface area contributed by atoms with Crippen molar-refractivity contribution >= 4 is 34.0 Å². The van der Waals surface area contributed by atoms with Crippen LogP contribution in [0.3, 0.4) is 0 Å². The summed E-state index contributed by atoms with van der Waals surface area (Å²) >= 11 is 1.34. The minimum atomic E-state index is -0.262. The molecule has 1 aliphatic rings. The summed E-state index contributed by atoms with van der Waals surface area (Å²) in [6.07, 6.45) is 3.80. The van der Waals surface area contributed by atoms with Gasteiger partial charge in [0.15, 0.2) is 5.13 Å². The molecule has 0 bridgehead atoms. The lowest BCUT2D eigenvalue weighted by Gasteiger charge is -2.21. The van der Waals surface area contributed by atoms with Crippen LogP contribution in [0, 0.1) is 0 Å². The van der Waals surface area contributed by atoms with Gasteiger partial charge in [-0.1, -0.05) is 0 Å². The Balaban J connectivity index is 1.37. The van der Waals surface area contributed by atoms with Gasteiger partial charge in [-0.3, -0.25) is 9.59 Å². The number of rotatable bonds is 11. The number of benzene rings is 1. The van der Waals surface area contributed by atoms with E-state index in [9.17, 15) is 9.59 Å². The Labute approximate surface area is 202 Å². The number of hydrogen-bond acceptors (Lipinski definition) is 8. The molecule has 0 unspecified atom stereocenters. The van der Waals surface area contributed by atoms with Gasteiger partial charge in [0.1, 0.15) is 17.2 Å². The predicted molar refractivity (Wildman–Crippen MR) is 128 cm³/mol. The highest BCUT2D eigenvalue weighted by atomic mass is 32.1. The molecule has 180 valence electrons. The molecule has 1 fully saturated rings. The van der Waals surface area contributed by atoms with Crippen molar-refractivity contribution in [2.24, 2.45) is 0 Å². The van der Waals surface area contributed by atoms with E-state index in [2.05, 4.69) is 15.6 Å². The zero-order valence-electron chi connectivity index (χ0n) is 19.0. The van der Waals surface area contributed by atoms with E-state index in [0.29, 0.717) is 23.1 Å². The van der Waals surface area contributed by atoms with Gasteiger partial charge in [-0.05, 0) is 49.2 Å². The second-order valence-corrected chi connectivity index (χ2v) is 8.74. The van der Waals surface area contributed by atoms with Crippen molar-refractivity contribution in [3.05, 3.63) is 59.5 Å². The van der Waals surface area contributed by atoms with Gasteiger partial charge in [0.05, 0.1) is 26.0 Å². The van der Waals surface area contributed by atoms with E-state index in [-0.39, 0.29) is 37.4 Å². The molecule has 2 N–H and O–H groups in total. The molecule has 0 spiro atoms. The first kappa shape index (κ1) is 23.8. The lowest BCUT2D eigenvalue weighted by atomic mass is 10.2. The number of carbonyl (C=O) groups excluding carboxylic acids is 2. The Morgan fingerprint density at radius 3 is 2.82 bits per heavy atom. The van der Waals surface area contributed by atoms with Gasteiger partial charge in [-0.25, -0.2) is 4.98 Å². The number of amides is 2. The number of nitrogens with zero attached hydrogens (tertiary/aromatic N) is 2. The van der Waals surface area contributed by atoms with Gasteiger partial charge in [0, 0.05) is 37.2 Å². The first-order valence-corrected chi connectivity index (χ1v) is 12.1. The third-order valence-electron chi connectivity index (χ3n) is 5.44. The number of thiazole rings is 1. The van der Waals surface area contributed by atoms with Crippen molar-refractivity contribution in [2.45, 2.75) is 31.9 Å². The van der Waals surface area contributed by atoms with E-state index >= 15 is 0 Å². The summed E-state index contributed by atoms with van der Waals surface area (Å²) in [5, 5.41) is 8.40. The molecule has 10 heteroatoms. The van der Waals surface area contributed by atoms with Crippen molar-refractivity contribution in [1.29, 1.82) is 0 Å². The Hall–Kier alpha value is -3.37. The SMILES string of the molecule is COc1ccc(Nc2nc(C(=O)N(CCC(=O)NC[C@H]3CCCO3)Cc3ccco3)cs2)cc1. The maximum Gasteiger partial charge on any atom is 0.273 e. The maximum absolute atomic E-state index is 13.2. The highest BCUT2D eigenvalue weighted by molar-refractivity contribution is 7.14. The van der Waals surface area contributed by atoms with E-state index < -0.39 is 0 Å². The molecule has 1 aliphatic heterocycles. The van der Waals surface area contributed by atoms with Gasteiger partial charge >= 0.3 is 0 Å². The summed E-state index contributed by atoms with van der Waals surface area (Å²) in [6.45, 7) is 1.74. The molecule has 0 aliphatic carbocycles. The molecular weight excluding hydrogens is 456 g/mol. The van der Waals surface area contributed by atoms with E-state index in [4.69, 9.17) is 13.9 Å². The van der Waals surface area contributed by atoms with Crippen LogP contribution in [-0.4, -0.2) is 54.6 Å². The van der Waals surface area contributed by atoms with Gasteiger partial charge in [0.2, 0.25) is 5.91 Å². The number of aromatic nitrogens is 1. The van der Waals surface area contributed by atoms with Crippen molar-refractivity contribution in [3.63, 3.8) is 0 Å². The summed E-state index contributed by atoms with van der Waals surface area (Å²) in [5.41, 5.74) is 1.15. The van der Waals surface area contributed by atoms with Crippen LogP contribution in [0.25, 0.3) is 0 Å². The van der Waals surface area contributed by atoms with E-state index in [0.717, 1.165) is 30.9 Å². The van der Waals surface area contributed by atoms with Crippen LogP contribution >= 0.6 is 11.3 Å². The van der Waals surface area contributed by atoms with Crippen molar-refractivity contribution in [3.8, 4) is 5.75 Å². The zero-order chi connectivity index (χ0) is 23.8. The summed E-state index contributed by atoms with van der Waals surface area (Å²) < 4.78 is 16.1. The highest BCUT2D eigenvalue weighted by Gasteiger charge is 2.22. The minimum absolute atomic E-state index is 0.0800. The Morgan fingerprint density at radius 1 is 1.26 bits per heavy atom. The van der Waals surface area contributed by atoms with Crippen molar-refractivity contribution in [1.82, 2.24) is 15.2 Å². The highest BCUT2D eigenvalue weighted by Crippen LogP contribution is 2.24. The molecule has 9 nitrogen and oxygen atoms in total. The van der Waals surface area contributed by atoms with Crippen molar-refractivity contribution < 1.29 is 23.5 Å². The molecule has 4 rings (SSSR count). The predicted octanol–water partition coefficient (Wildman–Crippen LogP) is 3.82. The number of nitrogens with one attached hydrogen (secondary N) is 2. The second kappa shape index (κ2) is 11.7. The van der Waals surface area contributed by atoms with Crippen molar-refractivity contribution in [2.75, 3.05) is 32.1 Å². The van der Waals surface area contributed by atoms with Gasteiger partial charge in [-0.2, -0.15) is 0 Å². The lowest BCUT2D eigenvalue weighted by molar-refractivity contribution is -0.121. The minimum Gasteiger partial charge on any atom is -0.497 e. The first-order chi connectivity index (χ1) is 16.6. The van der Waals surface area contributed by atoms with E-state index in [1.165, 1.54) is 11.3 Å². The average Bonchev–Trinajstić information content (AvgIpc) is 3.64. The fraction of sp³-hybridized carbons (Fsp3) is 0.375. The van der Waals surface area contributed by atoms with Crippen LogP contribution in [0.15, 0.2) is 52.5 Å². The summed E-state index contributed by atoms with van der Waals surface area (Å²) in [7, 11) is 1.61. The molecule has 1 saturated heterocycles. The first-order valence-electron chi connectivity index (χ1n) is 11.2. The average molecular weight is 485 g/mol. The van der Waals surface area contributed by atoms with Crippen LogP contribution in [-0.2, 0) is 16.1 Å². The topological polar surface area (TPSA) is 106 Å². The fourth-order valence-corrected chi connectivity index (χ4v) is 4.29. The Kier molecular flexibility index (Phi) is 8.16. The molecule has 3 heterocycles. The lowest BCUT2D eigenvalue weighted by Crippen LogP contribution is -2.37. The molecule has 34 heavy (non-hydrogen) atoms. The monoisotopic (exact) mass is 484 g/mol. The van der Waals surface area contributed by atoms with Crippen LogP contribution in [0.4, 0.5) is 10.8 Å². The molecule has 1 aromatic carbocycles. The number of furan rings is 1. The number of anilines is 2. The number of ether oxygens (including phenoxy) is 2. The largest absolute Gasteiger partial charge is 0.497 e. The third-order valence-corrected chi connectivity index (χ3v) is 6.20. The Morgan fingerprint density at radius 2 is 2.12 bits per heavy atom. The van der Waals surface area contributed by atoms with Gasteiger partial charge in [-0.15, -0.1) is 11.3 Å². The van der Waals surface area contributed by atoms with Gasteiger partial charge in [0.25, 0.3) is 5.91 Å². The molecule has 2 aromatic heterocycles. The standard InChI is InChI=1S/C24H28N4O5S/c1-31-18-8-6-17(7-9-18)26-24-27-21(16-34-24)23(30)28(15-20-5-3-13-33-20)11-10-22(29)25-14-19-4-2-12-32-19/h3,5-9,13,16,19H,2,4,10-12,14-15H2,1H3,(H,25,29)(H,26,27)/t19-/m1/s1. The molecule has 1 atom stereocenters. The zero-order valence-corrected chi connectivity index (χ0v) is 19.8. The number of carbonyl (C=O) groups is 2. The quantitative estimate of drug-likeness (QED) is 0.426. The molecule has 2 amide bonds. The Bertz CT molecular complexity index is 1060. The summed E-state index contributed by atoms with van der Waals surface area (Å²) in [6, 6.07) is 11.0. The van der Waals surface area contributed by atoms with Crippen LogP contribution in [0.5, 0.6) is 5.75 Å². The number of hydrogen-bond donors (Lipinski definition) is 2. The molecule has 0 saturated carbocycles. The second-order valence-electron chi connectivity index (χ2n) is 7.89. The van der Waals surface area contributed by atoms with E-state index in [1.807, 2.05) is 24.3 Å². The summed E-state index contributed by atoms with van der Waals surface area (Å²) in [4.78, 5) is 31.6. The van der Waals surface area contributed by atoms with Crippen LogP contribution < -0.4 is 15.4 Å².